The Morgan fingerprint density at radius 2 is 2.17 bits per heavy atom. The Morgan fingerprint density at radius 1 is 1.39 bits per heavy atom. The fourth-order valence-corrected chi connectivity index (χ4v) is 2.71. The molecule has 0 saturated carbocycles. The number of nitrogens with zero attached hydrogens (tertiary/aromatic N) is 2. The number of hydrogen-bond acceptors (Lipinski definition) is 5. The second-order valence-electron chi connectivity index (χ2n) is 5.35. The normalized spacial score (nSPS) is 19.7. The van der Waals surface area contributed by atoms with Gasteiger partial charge in [0.1, 0.15) is 5.75 Å². The molecule has 2 N–H and O–H groups in total. The highest BCUT2D eigenvalue weighted by atomic mass is 16.5. The minimum atomic E-state index is -0.699. The van der Waals surface area contributed by atoms with E-state index in [9.17, 15) is 14.4 Å². The number of imide groups is 1. The van der Waals surface area contributed by atoms with E-state index in [4.69, 9.17) is 4.74 Å². The molecule has 122 valence electrons. The Bertz CT molecular complexity index is 648. The zero-order chi connectivity index (χ0) is 16.4. The number of para-hydroxylation sites is 2. The average Bonchev–Trinajstić information content (AvgIpc) is 3.00. The molecule has 1 atom stereocenters. The van der Waals surface area contributed by atoms with E-state index in [-0.39, 0.29) is 30.9 Å². The highest BCUT2D eigenvalue weighted by molar-refractivity contribution is 5.98. The zero-order valence-corrected chi connectivity index (χ0v) is 12.7. The molecular formula is C15H18N4O4. The van der Waals surface area contributed by atoms with Gasteiger partial charge in [0.15, 0.2) is 6.10 Å². The van der Waals surface area contributed by atoms with Crippen molar-refractivity contribution in [3.8, 4) is 5.75 Å². The van der Waals surface area contributed by atoms with Crippen molar-refractivity contribution in [2.45, 2.75) is 6.10 Å². The van der Waals surface area contributed by atoms with E-state index in [1.807, 2.05) is 12.1 Å². The van der Waals surface area contributed by atoms with E-state index in [1.165, 1.54) is 11.9 Å². The lowest BCUT2D eigenvalue weighted by Crippen LogP contribution is -2.51. The molecule has 0 bridgehead atoms. The monoisotopic (exact) mass is 318 g/mol. The summed E-state index contributed by atoms with van der Waals surface area (Å²) in [5, 5.41) is 5.15. The van der Waals surface area contributed by atoms with Crippen LogP contribution in [0.4, 0.5) is 10.5 Å². The summed E-state index contributed by atoms with van der Waals surface area (Å²) in [6, 6.07) is 6.85. The third-order valence-electron chi connectivity index (χ3n) is 3.88. The molecule has 4 amide bonds. The van der Waals surface area contributed by atoms with Gasteiger partial charge in [0.25, 0.3) is 5.91 Å². The number of urea groups is 1. The topological polar surface area (TPSA) is 91.0 Å². The van der Waals surface area contributed by atoms with Gasteiger partial charge in [-0.05, 0) is 12.1 Å². The van der Waals surface area contributed by atoms with E-state index < -0.39 is 6.10 Å². The van der Waals surface area contributed by atoms with Gasteiger partial charge in [-0.25, -0.2) is 4.79 Å². The van der Waals surface area contributed by atoms with Gasteiger partial charge < -0.3 is 20.3 Å². The number of amides is 4. The quantitative estimate of drug-likeness (QED) is 0.788. The number of nitrogens with one attached hydrogen (secondary N) is 2. The number of likely N-dealkylation sites (N-methyl/N-ethyl adjacent to an activating group) is 1. The van der Waals surface area contributed by atoms with E-state index in [2.05, 4.69) is 10.6 Å². The number of ether oxygens (including phenoxy) is 1. The predicted octanol–water partition coefficient (Wildman–Crippen LogP) is -0.448. The van der Waals surface area contributed by atoms with Crippen molar-refractivity contribution in [3.05, 3.63) is 24.3 Å². The summed E-state index contributed by atoms with van der Waals surface area (Å²) in [6.45, 7) is 1.09. The predicted molar refractivity (Wildman–Crippen MR) is 82.2 cm³/mol. The summed E-state index contributed by atoms with van der Waals surface area (Å²) in [7, 11) is 1.54. The molecule has 1 saturated heterocycles. The van der Waals surface area contributed by atoms with Crippen LogP contribution in [0.25, 0.3) is 0 Å². The Labute approximate surface area is 133 Å². The number of rotatable bonds is 3. The van der Waals surface area contributed by atoms with Gasteiger partial charge in [-0.2, -0.15) is 0 Å². The lowest BCUT2D eigenvalue weighted by molar-refractivity contribution is -0.129. The summed E-state index contributed by atoms with van der Waals surface area (Å²) < 4.78 is 5.69. The lowest BCUT2D eigenvalue weighted by atomic mass is 10.1. The van der Waals surface area contributed by atoms with Gasteiger partial charge in [-0.3, -0.25) is 14.5 Å². The van der Waals surface area contributed by atoms with Crippen LogP contribution in [0.5, 0.6) is 5.75 Å². The van der Waals surface area contributed by atoms with Gasteiger partial charge in [0.2, 0.25) is 5.91 Å². The maximum atomic E-state index is 12.4. The first-order valence-corrected chi connectivity index (χ1v) is 7.40. The van der Waals surface area contributed by atoms with Crippen molar-refractivity contribution in [2.24, 2.45) is 0 Å². The van der Waals surface area contributed by atoms with Crippen LogP contribution in [0, 0.1) is 0 Å². The van der Waals surface area contributed by atoms with Crippen molar-refractivity contribution >= 4 is 23.5 Å². The molecule has 2 heterocycles. The maximum Gasteiger partial charge on any atom is 0.324 e. The van der Waals surface area contributed by atoms with E-state index in [0.29, 0.717) is 18.8 Å². The highest BCUT2D eigenvalue weighted by Crippen LogP contribution is 2.33. The van der Waals surface area contributed by atoms with Crippen LogP contribution < -0.4 is 20.3 Å². The molecule has 2 aliphatic rings. The van der Waals surface area contributed by atoms with Crippen LogP contribution in [-0.2, 0) is 9.59 Å². The molecule has 0 aliphatic carbocycles. The second-order valence-corrected chi connectivity index (χ2v) is 5.35. The number of anilines is 1. The van der Waals surface area contributed by atoms with Gasteiger partial charge in [0.05, 0.1) is 18.8 Å². The van der Waals surface area contributed by atoms with Crippen molar-refractivity contribution in [1.29, 1.82) is 0 Å². The highest BCUT2D eigenvalue weighted by Gasteiger charge is 2.33. The Balaban J connectivity index is 1.80. The Hall–Kier alpha value is -2.77. The SMILES string of the molecule is CNC(=O)[C@@H]1CN(CC(=O)N2CCNC2=O)c2ccccc2O1. The maximum absolute atomic E-state index is 12.4. The summed E-state index contributed by atoms with van der Waals surface area (Å²) >= 11 is 0. The summed E-state index contributed by atoms with van der Waals surface area (Å²) in [5.74, 6) is -0.00532. The fourth-order valence-electron chi connectivity index (χ4n) is 2.71. The van der Waals surface area contributed by atoms with Gasteiger partial charge in [-0.1, -0.05) is 12.1 Å². The number of hydrogen-bond donors (Lipinski definition) is 2. The molecule has 1 fully saturated rings. The first-order valence-electron chi connectivity index (χ1n) is 7.40. The molecular weight excluding hydrogens is 300 g/mol. The summed E-state index contributed by atoms with van der Waals surface area (Å²) in [5.41, 5.74) is 0.737. The molecule has 0 spiro atoms. The van der Waals surface area contributed by atoms with Crippen LogP contribution in [-0.4, -0.2) is 62.1 Å². The molecule has 1 aromatic carbocycles. The van der Waals surface area contributed by atoms with Crippen molar-refractivity contribution < 1.29 is 19.1 Å². The Kier molecular flexibility index (Phi) is 4.05. The van der Waals surface area contributed by atoms with Crippen LogP contribution in [0.3, 0.4) is 0 Å². The molecule has 0 radical (unpaired) electrons. The summed E-state index contributed by atoms with van der Waals surface area (Å²) in [4.78, 5) is 38.8. The van der Waals surface area contributed by atoms with E-state index in [1.54, 1.807) is 17.0 Å². The third-order valence-corrected chi connectivity index (χ3v) is 3.88. The smallest absolute Gasteiger partial charge is 0.324 e. The van der Waals surface area contributed by atoms with Crippen LogP contribution in [0.2, 0.25) is 0 Å². The first-order chi connectivity index (χ1) is 11.1. The second kappa shape index (κ2) is 6.15. The fraction of sp³-hybridized carbons (Fsp3) is 0.400. The lowest BCUT2D eigenvalue weighted by Gasteiger charge is -2.35. The van der Waals surface area contributed by atoms with Gasteiger partial charge >= 0.3 is 6.03 Å². The molecule has 8 nitrogen and oxygen atoms in total. The van der Waals surface area contributed by atoms with Gasteiger partial charge in [-0.15, -0.1) is 0 Å². The molecule has 23 heavy (non-hydrogen) atoms. The summed E-state index contributed by atoms with van der Waals surface area (Å²) in [6.07, 6.45) is -0.699. The van der Waals surface area contributed by atoms with E-state index >= 15 is 0 Å². The van der Waals surface area contributed by atoms with Crippen LogP contribution in [0.1, 0.15) is 0 Å². The largest absolute Gasteiger partial charge is 0.477 e. The third kappa shape index (κ3) is 2.92. The number of carbonyl (C=O) groups excluding carboxylic acids is 3. The molecule has 1 aromatic rings. The number of carbonyl (C=O) groups is 3. The Morgan fingerprint density at radius 3 is 2.87 bits per heavy atom. The zero-order valence-electron chi connectivity index (χ0n) is 12.7. The van der Waals surface area contributed by atoms with E-state index in [0.717, 1.165) is 5.69 Å². The molecule has 0 unspecified atom stereocenters. The van der Waals surface area contributed by atoms with Gasteiger partial charge in [0, 0.05) is 20.1 Å². The molecule has 3 rings (SSSR count). The number of benzene rings is 1. The minimum absolute atomic E-state index is 0.0152. The van der Waals surface area contributed by atoms with Crippen LogP contribution in [0.15, 0.2) is 24.3 Å². The van der Waals surface area contributed by atoms with Crippen molar-refractivity contribution in [3.63, 3.8) is 0 Å². The molecule has 0 aromatic heterocycles. The van der Waals surface area contributed by atoms with Crippen molar-refractivity contribution in [1.82, 2.24) is 15.5 Å². The molecule has 2 aliphatic heterocycles. The minimum Gasteiger partial charge on any atom is -0.477 e. The number of fused-ring (bicyclic) bond motifs is 1. The van der Waals surface area contributed by atoms with Crippen molar-refractivity contribution in [2.75, 3.05) is 38.1 Å². The van der Waals surface area contributed by atoms with Crippen LogP contribution >= 0.6 is 0 Å². The average molecular weight is 318 g/mol. The first kappa shape index (κ1) is 15.1. The standard InChI is InChI=1S/C15H18N4O4/c1-16-14(21)12-8-18(10-4-2-3-5-11(10)23-12)9-13(20)19-7-6-17-15(19)22/h2-5,12H,6-9H2,1H3,(H,16,21)(H,17,22)/t12-/m0/s1. The molecule has 8 heteroatoms.